The molecule has 3 aliphatic heterocycles. The van der Waals surface area contributed by atoms with Crippen LogP contribution in [-0.4, -0.2) is 84.0 Å². The van der Waals surface area contributed by atoms with Crippen LogP contribution in [0.1, 0.15) is 6.42 Å². The molecule has 2 saturated heterocycles. The van der Waals surface area contributed by atoms with Crippen LogP contribution in [0, 0.1) is 11.8 Å². The SMILES string of the molecule is C=CC1C(OC2OC(CO)C(O)C(O)C2O)OC=C2COC(OC)CC21. The van der Waals surface area contributed by atoms with Crippen LogP contribution in [0.2, 0.25) is 0 Å². The highest BCUT2D eigenvalue weighted by molar-refractivity contribution is 5.15. The first-order chi connectivity index (χ1) is 12.5. The first-order valence-electron chi connectivity index (χ1n) is 8.57. The van der Waals surface area contributed by atoms with E-state index in [0.29, 0.717) is 13.0 Å². The Hall–Kier alpha value is -1.04. The van der Waals surface area contributed by atoms with Gasteiger partial charge in [-0.25, -0.2) is 0 Å². The van der Waals surface area contributed by atoms with E-state index in [4.69, 9.17) is 23.7 Å². The van der Waals surface area contributed by atoms with Crippen LogP contribution in [0.25, 0.3) is 0 Å². The third-order valence-corrected chi connectivity index (χ3v) is 5.14. The van der Waals surface area contributed by atoms with Crippen LogP contribution in [0.5, 0.6) is 0 Å². The van der Waals surface area contributed by atoms with E-state index in [9.17, 15) is 20.4 Å². The van der Waals surface area contributed by atoms with Crippen molar-refractivity contribution >= 4 is 0 Å². The maximum Gasteiger partial charge on any atom is 0.208 e. The number of hydrogen-bond donors (Lipinski definition) is 4. The molecule has 0 amide bonds. The molecule has 9 unspecified atom stereocenters. The maximum atomic E-state index is 10.1. The minimum Gasteiger partial charge on any atom is -0.472 e. The Morgan fingerprint density at radius 2 is 2.00 bits per heavy atom. The first-order valence-corrected chi connectivity index (χ1v) is 8.57. The summed E-state index contributed by atoms with van der Waals surface area (Å²) in [5.41, 5.74) is 0.955. The molecule has 0 saturated carbocycles. The van der Waals surface area contributed by atoms with Gasteiger partial charge in [-0.05, 0) is 5.57 Å². The molecular formula is C17H26O9. The summed E-state index contributed by atoms with van der Waals surface area (Å²) in [5, 5.41) is 39.2. The smallest absolute Gasteiger partial charge is 0.208 e. The largest absolute Gasteiger partial charge is 0.472 e. The van der Waals surface area contributed by atoms with Crippen molar-refractivity contribution in [2.75, 3.05) is 20.3 Å². The standard InChI is InChI=1S/C17H26O9/c1-3-9-10-4-12(22-2)23-6-8(10)7-24-16(9)26-17-15(21)14(20)13(19)11(5-18)25-17/h3,7,9-21H,1,4-6H2,2H3. The number of aliphatic hydroxyl groups excluding tert-OH is 4. The molecule has 0 aromatic heterocycles. The molecule has 3 aliphatic rings. The average molecular weight is 374 g/mol. The van der Waals surface area contributed by atoms with Crippen molar-refractivity contribution in [3.63, 3.8) is 0 Å². The average Bonchev–Trinajstić information content (AvgIpc) is 2.67. The van der Waals surface area contributed by atoms with Crippen molar-refractivity contribution in [2.45, 2.75) is 49.7 Å². The molecule has 0 aromatic carbocycles. The third kappa shape index (κ3) is 3.67. The van der Waals surface area contributed by atoms with Gasteiger partial charge in [0.05, 0.1) is 19.5 Å². The van der Waals surface area contributed by atoms with E-state index in [1.54, 1.807) is 19.4 Å². The summed E-state index contributed by atoms with van der Waals surface area (Å²) in [5.74, 6) is -0.237. The van der Waals surface area contributed by atoms with E-state index in [-0.39, 0.29) is 18.1 Å². The minimum absolute atomic E-state index is 0.0230. The predicted molar refractivity (Wildman–Crippen MR) is 86.4 cm³/mol. The Morgan fingerprint density at radius 3 is 2.65 bits per heavy atom. The van der Waals surface area contributed by atoms with Crippen LogP contribution in [-0.2, 0) is 23.7 Å². The van der Waals surface area contributed by atoms with Crippen molar-refractivity contribution in [3.05, 3.63) is 24.5 Å². The third-order valence-electron chi connectivity index (χ3n) is 5.14. The second-order valence-electron chi connectivity index (χ2n) is 6.66. The fourth-order valence-corrected chi connectivity index (χ4v) is 3.56. The highest BCUT2D eigenvalue weighted by Crippen LogP contribution is 2.39. The summed E-state index contributed by atoms with van der Waals surface area (Å²) in [6, 6.07) is 0. The first kappa shape index (κ1) is 19.7. The number of hydrogen-bond acceptors (Lipinski definition) is 9. The van der Waals surface area contributed by atoms with Gasteiger partial charge in [-0.3, -0.25) is 0 Å². The Morgan fingerprint density at radius 1 is 1.23 bits per heavy atom. The number of aliphatic hydroxyl groups is 4. The Kier molecular flexibility index (Phi) is 6.31. The van der Waals surface area contributed by atoms with Crippen molar-refractivity contribution < 1.29 is 44.1 Å². The molecule has 9 heteroatoms. The molecule has 3 heterocycles. The minimum atomic E-state index is -1.51. The lowest BCUT2D eigenvalue weighted by atomic mass is 9.80. The molecule has 2 fully saturated rings. The molecule has 0 bridgehead atoms. The molecule has 9 nitrogen and oxygen atoms in total. The zero-order chi connectivity index (χ0) is 18.8. The Bertz CT molecular complexity index is 522. The van der Waals surface area contributed by atoms with Crippen molar-refractivity contribution in [1.82, 2.24) is 0 Å². The van der Waals surface area contributed by atoms with Gasteiger partial charge in [-0.1, -0.05) is 6.08 Å². The van der Waals surface area contributed by atoms with E-state index in [1.165, 1.54) is 0 Å². The topological polar surface area (TPSA) is 127 Å². The van der Waals surface area contributed by atoms with E-state index >= 15 is 0 Å². The zero-order valence-electron chi connectivity index (χ0n) is 14.5. The van der Waals surface area contributed by atoms with Gasteiger partial charge in [0.15, 0.2) is 12.6 Å². The highest BCUT2D eigenvalue weighted by atomic mass is 16.8. The van der Waals surface area contributed by atoms with Gasteiger partial charge < -0.3 is 44.1 Å². The van der Waals surface area contributed by atoms with Crippen LogP contribution >= 0.6 is 0 Å². The fraction of sp³-hybridized carbons (Fsp3) is 0.765. The van der Waals surface area contributed by atoms with E-state index in [1.807, 2.05) is 0 Å². The monoisotopic (exact) mass is 374 g/mol. The fourth-order valence-electron chi connectivity index (χ4n) is 3.56. The summed E-state index contributed by atoms with van der Waals surface area (Å²) >= 11 is 0. The van der Waals surface area contributed by atoms with Crippen LogP contribution in [0.15, 0.2) is 24.5 Å². The second kappa shape index (κ2) is 8.32. The van der Waals surface area contributed by atoms with Crippen LogP contribution in [0.4, 0.5) is 0 Å². The van der Waals surface area contributed by atoms with Crippen molar-refractivity contribution in [1.29, 1.82) is 0 Å². The maximum absolute atomic E-state index is 10.1. The summed E-state index contributed by atoms with van der Waals surface area (Å²) in [6.07, 6.45) is -4.07. The summed E-state index contributed by atoms with van der Waals surface area (Å²) < 4.78 is 27.6. The van der Waals surface area contributed by atoms with Gasteiger partial charge in [0.1, 0.15) is 24.4 Å². The normalized spacial score (nSPS) is 46.0. The summed E-state index contributed by atoms with van der Waals surface area (Å²) in [7, 11) is 1.57. The molecule has 0 spiro atoms. The Labute approximate surface area is 151 Å². The van der Waals surface area contributed by atoms with E-state index in [2.05, 4.69) is 6.58 Å². The number of rotatable bonds is 5. The van der Waals surface area contributed by atoms with Gasteiger partial charge >= 0.3 is 0 Å². The van der Waals surface area contributed by atoms with Crippen molar-refractivity contribution in [3.8, 4) is 0 Å². The second-order valence-corrected chi connectivity index (χ2v) is 6.66. The van der Waals surface area contributed by atoms with E-state index in [0.717, 1.165) is 5.57 Å². The molecule has 9 atom stereocenters. The van der Waals surface area contributed by atoms with Crippen LogP contribution in [0.3, 0.4) is 0 Å². The van der Waals surface area contributed by atoms with Crippen LogP contribution < -0.4 is 0 Å². The summed E-state index contributed by atoms with van der Waals surface area (Å²) in [4.78, 5) is 0. The van der Waals surface area contributed by atoms with Gasteiger partial charge in [-0.15, -0.1) is 6.58 Å². The van der Waals surface area contributed by atoms with Gasteiger partial charge in [0.2, 0.25) is 6.29 Å². The highest BCUT2D eigenvalue weighted by Gasteiger charge is 2.47. The lowest BCUT2D eigenvalue weighted by Gasteiger charge is -2.44. The summed E-state index contributed by atoms with van der Waals surface area (Å²) in [6.45, 7) is 3.69. The lowest BCUT2D eigenvalue weighted by molar-refractivity contribution is -0.340. The quantitative estimate of drug-likeness (QED) is 0.441. The van der Waals surface area contributed by atoms with Gasteiger partial charge in [0, 0.05) is 25.4 Å². The Balaban J connectivity index is 1.72. The molecule has 3 rings (SSSR count). The molecule has 0 aromatic rings. The van der Waals surface area contributed by atoms with Gasteiger partial charge in [-0.2, -0.15) is 0 Å². The van der Waals surface area contributed by atoms with Gasteiger partial charge in [0.25, 0.3) is 0 Å². The zero-order valence-corrected chi connectivity index (χ0v) is 14.5. The number of fused-ring (bicyclic) bond motifs is 1. The molecule has 26 heavy (non-hydrogen) atoms. The molecule has 4 N–H and O–H groups in total. The van der Waals surface area contributed by atoms with Crippen molar-refractivity contribution in [2.24, 2.45) is 11.8 Å². The molecule has 148 valence electrons. The van der Waals surface area contributed by atoms with E-state index < -0.39 is 43.6 Å². The lowest BCUT2D eigenvalue weighted by Crippen LogP contribution is -2.60. The number of methoxy groups -OCH3 is 1. The molecule has 0 aliphatic carbocycles. The molecule has 0 radical (unpaired) electrons. The number of ether oxygens (including phenoxy) is 5. The predicted octanol–water partition coefficient (Wildman–Crippen LogP) is -1.15. The molecular weight excluding hydrogens is 348 g/mol.